The lowest BCUT2D eigenvalue weighted by Gasteiger charge is -2.43. The van der Waals surface area contributed by atoms with E-state index >= 15 is 0 Å². The van der Waals surface area contributed by atoms with E-state index in [1.807, 2.05) is 54.6 Å². The van der Waals surface area contributed by atoms with Gasteiger partial charge in [0.1, 0.15) is 23.5 Å². The minimum Gasteiger partial charge on any atom is -0.497 e. The highest BCUT2D eigenvalue weighted by Gasteiger charge is 2.43. The average Bonchev–Trinajstić information content (AvgIpc) is 3.27. The van der Waals surface area contributed by atoms with Gasteiger partial charge in [-0.2, -0.15) is 4.31 Å². The number of sulfonamides is 1. The first kappa shape index (κ1) is 34.4. The van der Waals surface area contributed by atoms with E-state index in [1.54, 1.807) is 32.4 Å². The van der Waals surface area contributed by atoms with Crippen LogP contribution in [0.1, 0.15) is 47.9 Å². The van der Waals surface area contributed by atoms with Gasteiger partial charge in [0.25, 0.3) is 0 Å². The van der Waals surface area contributed by atoms with Gasteiger partial charge in [0.15, 0.2) is 0 Å². The van der Waals surface area contributed by atoms with Crippen molar-refractivity contribution in [2.75, 3.05) is 38.8 Å². The topological polar surface area (TPSA) is 85.4 Å². The van der Waals surface area contributed by atoms with Crippen molar-refractivity contribution in [3.05, 3.63) is 112 Å². The SMILES string of the molecule is COc1ccc(CN(Cc2ccc(OC)cc2)S(=O)(=O)c2ccc3c(c2)N(C[C@@H]2CCC2C=O)C[C@@]2(CCCc4cc(Cl)ccc42)CO3)cc1. The number of ether oxygens (including phenoxy) is 3. The number of aryl methyl sites for hydroxylation is 1. The highest BCUT2D eigenvalue weighted by atomic mass is 35.5. The number of methoxy groups -OCH3 is 2. The van der Waals surface area contributed by atoms with E-state index in [9.17, 15) is 13.2 Å². The molecule has 1 spiro atoms. The number of aldehydes is 1. The number of fused-ring (bicyclic) bond motifs is 3. The fourth-order valence-electron chi connectivity index (χ4n) is 7.78. The highest BCUT2D eigenvalue weighted by molar-refractivity contribution is 7.89. The molecule has 0 amide bonds. The molecule has 8 nitrogen and oxygen atoms in total. The average molecular weight is 715 g/mol. The van der Waals surface area contributed by atoms with Gasteiger partial charge in [0.05, 0.1) is 31.4 Å². The van der Waals surface area contributed by atoms with Crippen molar-refractivity contribution in [1.29, 1.82) is 0 Å². The third kappa shape index (κ3) is 6.83. The van der Waals surface area contributed by atoms with Gasteiger partial charge < -0.3 is 23.9 Å². The summed E-state index contributed by atoms with van der Waals surface area (Å²) in [6.45, 7) is 2.11. The standard InChI is InChI=1S/C40H43ClN2O6S/c1-47-34-12-5-28(6-13-34)22-43(23-29-7-14-35(48-2)15-8-29)50(45,46)36-16-18-39-38(21-36)42(24-31-9-10-32(31)25-44)26-40(27-49-39)19-3-4-30-20-33(41)11-17-37(30)40/h5-8,11-18,20-21,25,31-32H,3-4,9-10,19,22-24,26-27H2,1-2H3/t31-,32?,40-/m0/s1. The van der Waals surface area contributed by atoms with Crippen LogP contribution < -0.4 is 19.1 Å². The zero-order chi connectivity index (χ0) is 34.9. The summed E-state index contributed by atoms with van der Waals surface area (Å²) in [6, 6.07) is 26.3. The Morgan fingerprint density at radius 2 is 1.60 bits per heavy atom. The van der Waals surface area contributed by atoms with E-state index in [1.165, 1.54) is 15.4 Å². The van der Waals surface area contributed by atoms with Crippen LogP contribution in [0.3, 0.4) is 0 Å². The molecule has 1 unspecified atom stereocenters. The molecule has 2 aliphatic carbocycles. The second kappa shape index (κ2) is 14.3. The lowest BCUT2D eigenvalue weighted by molar-refractivity contribution is -0.115. The maximum Gasteiger partial charge on any atom is 0.243 e. The van der Waals surface area contributed by atoms with Crippen molar-refractivity contribution >= 4 is 33.6 Å². The first-order valence-corrected chi connectivity index (χ1v) is 19.1. The lowest BCUT2D eigenvalue weighted by Crippen LogP contribution is -2.48. The predicted octanol–water partition coefficient (Wildman–Crippen LogP) is 7.45. The summed E-state index contributed by atoms with van der Waals surface area (Å²) in [5.41, 5.74) is 4.60. The second-order valence-electron chi connectivity index (χ2n) is 13.8. The van der Waals surface area contributed by atoms with E-state index < -0.39 is 10.0 Å². The smallest absolute Gasteiger partial charge is 0.243 e. The van der Waals surface area contributed by atoms with Crippen LogP contribution in [0.2, 0.25) is 5.02 Å². The highest BCUT2D eigenvalue weighted by Crippen LogP contribution is 2.46. The summed E-state index contributed by atoms with van der Waals surface area (Å²) in [7, 11) is -0.789. The van der Waals surface area contributed by atoms with Crippen molar-refractivity contribution < 1.29 is 27.4 Å². The zero-order valence-corrected chi connectivity index (χ0v) is 30.1. The number of anilines is 1. The summed E-state index contributed by atoms with van der Waals surface area (Å²) < 4.78 is 48.2. The summed E-state index contributed by atoms with van der Waals surface area (Å²) >= 11 is 6.43. The Labute approximate surface area is 300 Å². The number of rotatable bonds is 11. The summed E-state index contributed by atoms with van der Waals surface area (Å²) in [5.74, 6) is 2.27. The number of nitrogens with zero attached hydrogens (tertiary/aromatic N) is 2. The molecule has 262 valence electrons. The van der Waals surface area contributed by atoms with E-state index in [-0.39, 0.29) is 35.2 Å². The number of hydrogen-bond acceptors (Lipinski definition) is 7. The Hall–Kier alpha value is -4.05. The van der Waals surface area contributed by atoms with Crippen molar-refractivity contribution in [3.8, 4) is 17.2 Å². The molecule has 0 radical (unpaired) electrons. The van der Waals surface area contributed by atoms with Gasteiger partial charge in [-0.1, -0.05) is 41.9 Å². The Morgan fingerprint density at radius 3 is 2.20 bits per heavy atom. The Bertz CT molecular complexity index is 1900. The van der Waals surface area contributed by atoms with Gasteiger partial charge in [-0.05, 0) is 115 Å². The molecule has 1 aliphatic heterocycles. The fraction of sp³-hybridized carbons (Fsp3) is 0.375. The first-order chi connectivity index (χ1) is 24.2. The second-order valence-corrected chi connectivity index (χ2v) is 16.2. The zero-order valence-electron chi connectivity index (χ0n) is 28.5. The Morgan fingerprint density at radius 1 is 0.920 bits per heavy atom. The molecule has 0 aromatic heterocycles. The van der Waals surface area contributed by atoms with Gasteiger partial charge in [-0.25, -0.2) is 8.42 Å². The van der Waals surface area contributed by atoms with Crippen molar-refractivity contribution in [2.24, 2.45) is 11.8 Å². The van der Waals surface area contributed by atoms with Gasteiger partial charge in [0, 0.05) is 42.5 Å². The molecular weight excluding hydrogens is 672 g/mol. The monoisotopic (exact) mass is 714 g/mol. The molecule has 1 saturated carbocycles. The third-order valence-corrected chi connectivity index (χ3v) is 12.8. The van der Waals surface area contributed by atoms with E-state index in [0.29, 0.717) is 36.9 Å². The molecule has 1 fully saturated rings. The minimum atomic E-state index is -4.00. The van der Waals surface area contributed by atoms with E-state index in [4.69, 9.17) is 25.8 Å². The normalized spacial score (nSPS) is 21.4. The molecule has 1 heterocycles. The predicted molar refractivity (Wildman–Crippen MR) is 195 cm³/mol. The largest absolute Gasteiger partial charge is 0.497 e. The van der Waals surface area contributed by atoms with Crippen LogP contribution in [0.5, 0.6) is 17.2 Å². The van der Waals surface area contributed by atoms with Crippen LogP contribution in [0, 0.1) is 11.8 Å². The molecular formula is C40H43ClN2O6S. The molecule has 4 aromatic rings. The van der Waals surface area contributed by atoms with Crippen LogP contribution in [0.25, 0.3) is 0 Å². The number of carbonyl (C=O) groups is 1. The van der Waals surface area contributed by atoms with E-state index in [2.05, 4.69) is 17.0 Å². The van der Waals surface area contributed by atoms with Gasteiger partial charge in [0.2, 0.25) is 10.0 Å². The quantitative estimate of drug-likeness (QED) is 0.149. The lowest BCUT2D eigenvalue weighted by atomic mass is 9.69. The van der Waals surface area contributed by atoms with Crippen LogP contribution in [-0.2, 0) is 39.7 Å². The van der Waals surface area contributed by atoms with Crippen LogP contribution in [0.15, 0.2) is 89.8 Å². The van der Waals surface area contributed by atoms with Gasteiger partial charge in [-0.3, -0.25) is 0 Å². The van der Waals surface area contributed by atoms with Crippen molar-refractivity contribution in [3.63, 3.8) is 0 Å². The van der Waals surface area contributed by atoms with Crippen LogP contribution in [0.4, 0.5) is 5.69 Å². The van der Waals surface area contributed by atoms with Crippen LogP contribution >= 0.6 is 11.6 Å². The Balaban J connectivity index is 1.27. The molecule has 0 N–H and O–H groups in total. The minimum absolute atomic E-state index is 0.00687. The Kier molecular flexibility index (Phi) is 9.83. The molecule has 0 saturated heterocycles. The molecule has 3 aliphatic rings. The molecule has 10 heteroatoms. The summed E-state index contributed by atoms with van der Waals surface area (Å²) in [5, 5.41) is 0.724. The molecule has 7 rings (SSSR count). The molecule has 0 bridgehead atoms. The van der Waals surface area contributed by atoms with Crippen LogP contribution in [-0.4, -0.2) is 52.9 Å². The number of hydrogen-bond donors (Lipinski definition) is 0. The summed E-state index contributed by atoms with van der Waals surface area (Å²) in [4.78, 5) is 14.4. The maximum atomic E-state index is 14.7. The third-order valence-electron chi connectivity index (χ3n) is 10.8. The molecule has 50 heavy (non-hydrogen) atoms. The molecule has 3 atom stereocenters. The molecule has 4 aromatic carbocycles. The van der Waals surface area contributed by atoms with Crippen molar-refractivity contribution in [2.45, 2.75) is 55.5 Å². The first-order valence-electron chi connectivity index (χ1n) is 17.2. The van der Waals surface area contributed by atoms with Gasteiger partial charge >= 0.3 is 0 Å². The maximum absolute atomic E-state index is 14.7. The number of carbonyl (C=O) groups excluding carboxylic acids is 1. The number of benzene rings is 4. The van der Waals surface area contributed by atoms with E-state index in [0.717, 1.165) is 60.2 Å². The summed E-state index contributed by atoms with van der Waals surface area (Å²) in [6.07, 6.45) is 5.83. The van der Waals surface area contributed by atoms with Gasteiger partial charge in [-0.15, -0.1) is 0 Å². The van der Waals surface area contributed by atoms with Crippen molar-refractivity contribution in [1.82, 2.24) is 4.31 Å². The fourth-order valence-corrected chi connectivity index (χ4v) is 9.41. The number of halogens is 1.